The number of carbonyl (C=O) groups is 1. The van der Waals surface area contributed by atoms with E-state index in [1.807, 2.05) is 6.08 Å². The molecule has 256 valence electrons. The highest BCUT2D eigenvalue weighted by Gasteiger charge is 2.17. The maximum absolute atomic E-state index is 12.3. The largest absolute Gasteiger partial charge is 0.394 e. The van der Waals surface area contributed by atoms with Crippen LogP contribution in [-0.2, 0) is 4.79 Å². The van der Waals surface area contributed by atoms with Gasteiger partial charge in [0.2, 0.25) is 5.91 Å². The summed E-state index contributed by atoms with van der Waals surface area (Å²) in [7, 11) is 0. The topological polar surface area (TPSA) is 69.6 Å². The molecule has 0 aromatic rings. The predicted molar refractivity (Wildman–Crippen MR) is 193 cm³/mol. The Hall–Kier alpha value is -1.65. The summed E-state index contributed by atoms with van der Waals surface area (Å²) in [4.78, 5) is 12.3. The Morgan fingerprint density at radius 1 is 0.545 bits per heavy atom. The molecule has 0 aliphatic carbocycles. The molecule has 0 heterocycles. The predicted octanol–water partition coefficient (Wildman–Crippen LogP) is 11.2. The van der Waals surface area contributed by atoms with E-state index in [1.165, 1.54) is 109 Å². The SMILES string of the molecule is CCCCC/C=C\C/C=C\CCCCCCCC(=O)NC(CO)C(O)/C=C/CC/C=C/CCCCCCCCCCCCC. The minimum atomic E-state index is -0.867. The lowest BCUT2D eigenvalue weighted by Crippen LogP contribution is -2.45. The summed E-state index contributed by atoms with van der Waals surface area (Å²) in [6.07, 6.45) is 47.7. The lowest BCUT2D eigenvalue weighted by molar-refractivity contribution is -0.123. The number of allylic oxidation sites excluding steroid dienone is 7. The zero-order chi connectivity index (χ0) is 32.2. The molecule has 0 saturated heterocycles. The Morgan fingerprint density at radius 3 is 1.50 bits per heavy atom. The smallest absolute Gasteiger partial charge is 0.220 e. The quantitative estimate of drug-likeness (QED) is 0.0508. The van der Waals surface area contributed by atoms with Gasteiger partial charge in [-0.1, -0.05) is 159 Å². The summed E-state index contributed by atoms with van der Waals surface area (Å²) in [5.41, 5.74) is 0. The van der Waals surface area contributed by atoms with E-state index in [9.17, 15) is 15.0 Å². The minimum absolute atomic E-state index is 0.0903. The minimum Gasteiger partial charge on any atom is -0.394 e. The highest BCUT2D eigenvalue weighted by atomic mass is 16.3. The summed E-state index contributed by atoms with van der Waals surface area (Å²) >= 11 is 0. The average molecular weight is 616 g/mol. The van der Waals surface area contributed by atoms with Crippen molar-refractivity contribution in [2.75, 3.05) is 6.61 Å². The standard InChI is InChI=1S/C40H73NO3/c1-3-5-7-9-11-13-15-17-19-20-22-23-25-27-29-31-33-35-39(43)38(37-42)41-40(44)36-34-32-30-28-26-24-21-18-16-14-12-10-8-6-4-2/h12,14,18,21,25,27,33,35,38-39,42-43H,3-11,13,15-17,19-20,22-24,26,28-32,34,36-37H2,1-2H3,(H,41,44)/b14-12-,21-18-,27-25+,35-33+. The fourth-order valence-electron chi connectivity index (χ4n) is 5.34. The van der Waals surface area contributed by atoms with E-state index >= 15 is 0 Å². The Kier molecular flexibility index (Phi) is 34.5. The zero-order valence-electron chi connectivity index (χ0n) is 29.2. The van der Waals surface area contributed by atoms with Crippen molar-refractivity contribution in [3.8, 4) is 0 Å². The van der Waals surface area contributed by atoms with E-state index in [0.29, 0.717) is 6.42 Å². The first-order chi connectivity index (χ1) is 21.7. The molecule has 0 radical (unpaired) electrons. The Bertz CT molecular complexity index is 711. The lowest BCUT2D eigenvalue weighted by atomic mass is 10.1. The van der Waals surface area contributed by atoms with Crippen LogP contribution in [0, 0.1) is 0 Å². The van der Waals surface area contributed by atoms with E-state index in [1.54, 1.807) is 6.08 Å². The highest BCUT2D eigenvalue weighted by molar-refractivity contribution is 5.76. The van der Waals surface area contributed by atoms with Crippen molar-refractivity contribution >= 4 is 5.91 Å². The van der Waals surface area contributed by atoms with Crippen molar-refractivity contribution < 1.29 is 15.0 Å². The van der Waals surface area contributed by atoms with Crippen molar-refractivity contribution in [1.82, 2.24) is 5.32 Å². The van der Waals surface area contributed by atoms with Gasteiger partial charge in [0, 0.05) is 6.42 Å². The summed E-state index contributed by atoms with van der Waals surface area (Å²) in [6.45, 7) is 4.25. The second-order valence-corrected chi connectivity index (χ2v) is 12.6. The van der Waals surface area contributed by atoms with Gasteiger partial charge in [-0.15, -0.1) is 0 Å². The summed E-state index contributed by atoms with van der Waals surface area (Å²) in [5.74, 6) is -0.0903. The Morgan fingerprint density at radius 2 is 0.955 bits per heavy atom. The molecule has 0 aromatic carbocycles. The van der Waals surface area contributed by atoms with Gasteiger partial charge in [-0.3, -0.25) is 4.79 Å². The Labute approximate surface area is 274 Å². The maximum atomic E-state index is 12.3. The van der Waals surface area contributed by atoms with Gasteiger partial charge in [0.15, 0.2) is 0 Å². The third kappa shape index (κ3) is 31.8. The van der Waals surface area contributed by atoms with Gasteiger partial charge in [0.05, 0.1) is 18.8 Å². The molecule has 2 unspecified atom stereocenters. The molecule has 0 aliphatic rings. The summed E-state index contributed by atoms with van der Waals surface area (Å²) in [5, 5.41) is 22.9. The van der Waals surface area contributed by atoms with Crippen molar-refractivity contribution in [3.63, 3.8) is 0 Å². The van der Waals surface area contributed by atoms with E-state index in [-0.39, 0.29) is 12.5 Å². The molecule has 0 spiro atoms. The van der Waals surface area contributed by atoms with Gasteiger partial charge in [-0.05, 0) is 64.2 Å². The lowest BCUT2D eigenvalue weighted by Gasteiger charge is -2.19. The monoisotopic (exact) mass is 616 g/mol. The maximum Gasteiger partial charge on any atom is 0.220 e. The van der Waals surface area contributed by atoms with Gasteiger partial charge in [-0.2, -0.15) is 0 Å². The normalized spacial score (nSPS) is 13.6. The molecule has 2 atom stereocenters. The Balaban J connectivity index is 3.71. The highest BCUT2D eigenvalue weighted by Crippen LogP contribution is 2.12. The zero-order valence-corrected chi connectivity index (χ0v) is 29.2. The van der Waals surface area contributed by atoms with Crippen LogP contribution in [0.5, 0.6) is 0 Å². The van der Waals surface area contributed by atoms with Crippen LogP contribution in [0.2, 0.25) is 0 Å². The van der Waals surface area contributed by atoms with Gasteiger partial charge < -0.3 is 15.5 Å². The fourth-order valence-corrected chi connectivity index (χ4v) is 5.34. The molecule has 0 aliphatic heterocycles. The average Bonchev–Trinajstić information content (AvgIpc) is 3.03. The van der Waals surface area contributed by atoms with Crippen molar-refractivity contribution in [1.29, 1.82) is 0 Å². The van der Waals surface area contributed by atoms with Gasteiger partial charge in [0.1, 0.15) is 0 Å². The third-order valence-corrected chi connectivity index (χ3v) is 8.28. The van der Waals surface area contributed by atoms with Crippen LogP contribution < -0.4 is 5.32 Å². The molecule has 0 rings (SSSR count). The molecular weight excluding hydrogens is 542 g/mol. The van der Waals surface area contributed by atoms with Gasteiger partial charge >= 0.3 is 0 Å². The number of rotatable bonds is 33. The number of unbranched alkanes of at least 4 members (excludes halogenated alkanes) is 20. The fraction of sp³-hybridized carbons (Fsp3) is 0.775. The third-order valence-electron chi connectivity index (χ3n) is 8.28. The number of amides is 1. The van der Waals surface area contributed by atoms with Crippen molar-refractivity contribution in [2.45, 2.75) is 193 Å². The first-order valence-corrected chi connectivity index (χ1v) is 18.9. The molecule has 4 nitrogen and oxygen atoms in total. The summed E-state index contributed by atoms with van der Waals surface area (Å²) < 4.78 is 0. The van der Waals surface area contributed by atoms with E-state index in [0.717, 1.165) is 51.4 Å². The molecule has 0 bridgehead atoms. The van der Waals surface area contributed by atoms with Crippen molar-refractivity contribution in [3.05, 3.63) is 48.6 Å². The second kappa shape index (κ2) is 35.8. The summed E-state index contributed by atoms with van der Waals surface area (Å²) in [6, 6.07) is -0.645. The molecule has 0 aromatic heterocycles. The molecule has 1 amide bonds. The number of hydrogen-bond donors (Lipinski definition) is 3. The number of aliphatic hydroxyl groups excluding tert-OH is 2. The molecule has 0 fully saturated rings. The number of nitrogens with one attached hydrogen (secondary N) is 1. The van der Waals surface area contributed by atoms with Crippen LogP contribution >= 0.6 is 0 Å². The van der Waals surface area contributed by atoms with Crippen LogP contribution in [0.4, 0.5) is 0 Å². The molecular formula is C40H73NO3. The van der Waals surface area contributed by atoms with Crippen LogP contribution in [0.25, 0.3) is 0 Å². The molecule has 4 heteroatoms. The second-order valence-electron chi connectivity index (χ2n) is 12.6. The first-order valence-electron chi connectivity index (χ1n) is 18.9. The van der Waals surface area contributed by atoms with Gasteiger partial charge in [0.25, 0.3) is 0 Å². The number of aliphatic hydroxyl groups is 2. The van der Waals surface area contributed by atoms with E-state index in [2.05, 4.69) is 55.6 Å². The van der Waals surface area contributed by atoms with Crippen LogP contribution in [-0.4, -0.2) is 34.9 Å². The van der Waals surface area contributed by atoms with Crippen LogP contribution in [0.3, 0.4) is 0 Å². The number of hydrogen-bond acceptors (Lipinski definition) is 3. The molecule has 44 heavy (non-hydrogen) atoms. The van der Waals surface area contributed by atoms with Gasteiger partial charge in [-0.25, -0.2) is 0 Å². The van der Waals surface area contributed by atoms with Crippen LogP contribution in [0.15, 0.2) is 48.6 Å². The van der Waals surface area contributed by atoms with E-state index in [4.69, 9.17) is 0 Å². The van der Waals surface area contributed by atoms with E-state index < -0.39 is 12.1 Å². The first kappa shape index (κ1) is 42.3. The van der Waals surface area contributed by atoms with Crippen molar-refractivity contribution in [2.24, 2.45) is 0 Å². The molecule has 0 saturated carbocycles. The molecule has 3 N–H and O–H groups in total. The number of carbonyl (C=O) groups excluding carboxylic acids is 1. The van der Waals surface area contributed by atoms with Crippen LogP contribution in [0.1, 0.15) is 181 Å².